The van der Waals surface area contributed by atoms with Gasteiger partial charge in [-0.2, -0.15) is 0 Å². The molecule has 1 aromatic carbocycles. The Bertz CT molecular complexity index is 766. The van der Waals surface area contributed by atoms with Gasteiger partial charge in [0.1, 0.15) is 0 Å². The average Bonchev–Trinajstić information content (AvgIpc) is 3.05. The summed E-state index contributed by atoms with van der Waals surface area (Å²) >= 11 is 1.61. The molecule has 0 amide bonds. The zero-order chi connectivity index (χ0) is 15.0. The average molecular weight is 322 g/mol. The van der Waals surface area contributed by atoms with E-state index < -0.39 is 10.0 Å². The molecule has 2 aromatic rings. The highest BCUT2D eigenvalue weighted by Gasteiger charge is 2.21. The molecule has 0 radical (unpaired) electrons. The van der Waals surface area contributed by atoms with Gasteiger partial charge in [0.25, 0.3) is 0 Å². The van der Waals surface area contributed by atoms with Crippen molar-refractivity contribution in [1.29, 1.82) is 0 Å². The summed E-state index contributed by atoms with van der Waals surface area (Å²) in [7, 11) is -3.49. The summed E-state index contributed by atoms with van der Waals surface area (Å²) in [5.74, 6) is 0. The lowest BCUT2D eigenvalue weighted by atomic mass is 10.2. The molecule has 6 heteroatoms. The maximum atomic E-state index is 12.5. The van der Waals surface area contributed by atoms with Crippen LogP contribution in [0, 0.1) is 6.92 Å². The van der Waals surface area contributed by atoms with Gasteiger partial charge in [0.2, 0.25) is 10.0 Å². The van der Waals surface area contributed by atoms with Gasteiger partial charge < -0.3 is 5.32 Å². The second-order valence-electron chi connectivity index (χ2n) is 5.29. The predicted molar refractivity (Wildman–Crippen MR) is 86.4 cm³/mol. The highest BCUT2D eigenvalue weighted by Crippen LogP contribution is 2.27. The first kappa shape index (κ1) is 14.6. The van der Waals surface area contributed by atoms with Crippen LogP contribution >= 0.6 is 11.3 Å². The van der Waals surface area contributed by atoms with E-state index in [2.05, 4.69) is 10.0 Å². The Morgan fingerprint density at radius 2 is 2.10 bits per heavy atom. The van der Waals surface area contributed by atoms with E-state index in [4.69, 9.17) is 0 Å². The van der Waals surface area contributed by atoms with Gasteiger partial charge in [-0.1, -0.05) is 0 Å². The van der Waals surface area contributed by atoms with Gasteiger partial charge >= 0.3 is 0 Å². The van der Waals surface area contributed by atoms with E-state index in [1.165, 1.54) is 4.88 Å². The van der Waals surface area contributed by atoms with Gasteiger partial charge in [0.15, 0.2) is 0 Å². The minimum absolute atomic E-state index is 0.222. The quantitative estimate of drug-likeness (QED) is 0.909. The van der Waals surface area contributed by atoms with Crippen molar-refractivity contribution in [2.45, 2.75) is 31.2 Å². The third-order valence-electron chi connectivity index (χ3n) is 3.62. The van der Waals surface area contributed by atoms with Gasteiger partial charge in [0, 0.05) is 22.0 Å². The molecule has 1 atom stereocenters. The van der Waals surface area contributed by atoms with Crippen molar-refractivity contribution in [3.8, 4) is 0 Å². The summed E-state index contributed by atoms with van der Waals surface area (Å²) in [6, 6.07) is 9.03. The summed E-state index contributed by atoms with van der Waals surface area (Å²) < 4.78 is 27.7. The van der Waals surface area contributed by atoms with Crippen LogP contribution in [0.15, 0.2) is 35.2 Å². The fraction of sp³-hybridized carbons (Fsp3) is 0.333. The lowest BCUT2D eigenvalue weighted by Crippen LogP contribution is -2.26. The third-order valence-corrected chi connectivity index (χ3v) is 6.34. The van der Waals surface area contributed by atoms with E-state index in [1.54, 1.807) is 23.5 Å². The number of sulfonamides is 1. The largest absolute Gasteiger partial charge is 0.384 e. The lowest BCUT2D eigenvalue weighted by molar-refractivity contribution is 0.568. The van der Waals surface area contributed by atoms with Crippen LogP contribution in [0.4, 0.5) is 5.69 Å². The van der Waals surface area contributed by atoms with Gasteiger partial charge in [-0.05, 0) is 56.2 Å². The Kier molecular flexibility index (Phi) is 3.77. The Morgan fingerprint density at radius 3 is 2.81 bits per heavy atom. The first-order valence-electron chi connectivity index (χ1n) is 6.91. The van der Waals surface area contributed by atoms with Gasteiger partial charge in [-0.25, -0.2) is 13.1 Å². The number of benzene rings is 1. The molecular formula is C15H18N2O2S2. The first-order chi connectivity index (χ1) is 9.95. The fourth-order valence-corrected chi connectivity index (χ4v) is 4.72. The highest BCUT2D eigenvalue weighted by molar-refractivity contribution is 7.89. The SMILES string of the molecule is Cc1ccc(C(C)NS(=O)(=O)c2ccc3c(c2)CCN3)s1. The molecule has 0 saturated heterocycles. The molecule has 1 aliphatic rings. The number of anilines is 1. The van der Waals surface area contributed by atoms with Crippen LogP contribution in [0.2, 0.25) is 0 Å². The standard InChI is InChI=1S/C15H18N2O2S2/c1-10-3-6-15(20-10)11(2)17-21(18,19)13-4-5-14-12(9-13)7-8-16-14/h3-6,9,11,16-17H,7-8H2,1-2H3. The van der Waals surface area contributed by atoms with E-state index >= 15 is 0 Å². The monoisotopic (exact) mass is 322 g/mol. The summed E-state index contributed by atoms with van der Waals surface area (Å²) in [6.45, 7) is 4.76. The van der Waals surface area contributed by atoms with Crippen molar-refractivity contribution < 1.29 is 8.42 Å². The molecule has 1 unspecified atom stereocenters. The van der Waals surface area contributed by atoms with E-state index in [0.717, 1.165) is 29.1 Å². The highest BCUT2D eigenvalue weighted by atomic mass is 32.2. The number of thiophene rings is 1. The van der Waals surface area contributed by atoms with E-state index in [-0.39, 0.29) is 6.04 Å². The van der Waals surface area contributed by atoms with Crippen LogP contribution in [0.5, 0.6) is 0 Å². The molecule has 0 bridgehead atoms. The first-order valence-corrected chi connectivity index (χ1v) is 9.21. The number of hydrogen-bond donors (Lipinski definition) is 2. The van der Waals surface area contributed by atoms with E-state index in [1.807, 2.05) is 32.0 Å². The maximum Gasteiger partial charge on any atom is 0.241 e. The molecule has 0 saturated carbocycles. The second-order valence-corrected chi connectivity index (χ2v) is 8.32. The molecule has 0 spiro atoms. The van der Waals surface area contributed by atoms with Crippen molar-refractivity contribution in [1.82, 2.24) is 4.72 Å². The number of hydrogen-bond acceptors (Lipinski definition) is 4. The zero-order valence-electron chi connectivity index (χ0n) is 12.0. The molecule has 112 valence electrons. The number of nitrogens with one attached hydrogen (secondary N) is 2. The van der Waals surface area contributed by atoms with Crippen molar-refractivity contribution in [2.24, 2.45) is 0 Å². The Morgan fingerprint density at radius 1 is 1.29 bits per heavy atom. The topological polar surface area (TPSA) is 58.2 Å². The van der Waals surface area contributed by atoms with Crippen molar-refractivity contribution in [2.75, 3.05) is 11.9 Å². The minimum Gasteiger partial charge on any atom is -0.384 e. The third kappa shape index (κ3) is 2.97. The van der Waals surface area contributed by atoms with Crippen LogP contribution in [-0.4, -0.2) is 15.0 Å². The van der Waals surface area contributed by atoms with Crippen molar-refractivity contribution in [3.05, 3.63) is 45.6 Å². The molecule has 21 heavy (non-hydrogen) atoms. The number of aryl methyl sites for hydroxylation is 1. The lowest BCUT2D eigenvalue weighted by Gasteiger charge is -2.13. The molecule has 4 nitrogen and oxygen atoms in total. The van der Waals surface area contributed by atoms with E-state index in [9.17, 15) is 8.42 Å². The Labute approximate surface area is 129 Å². The molecule has 1 aliphatic heterocycles. The van der Waals surface area contributed by atoms with Gasteiger partial charge in [-0.3, -0.25) is 0 Å². The minimum atomic E-state index is -3.49. The normalized spacial score (nSPS) is 15.5. The number of rotatable bonds is 4. The van der Waals surface area contributed by atoms with E-state index in [0.29, 0.717) is 4.90 Å². The summed E-state index contributed by atoms with van der Waals surface area (Å²) in [5.41, 5.74) is 2.10. The predicted octanol–water partition coefficient (Wildman–Crippen LogP) is 3.06. The molecular weight excluding hydrogens is 304 g/mol. The molecule has 3 rings (SSSR count). The van der Waals surface area contributed by atoms with Crippen molar-refractivity contribution >= 4 is 27.0 Å². The smallest absolute Gasteiger partial charge is 0.241 e. The van der Waals surface area contributed by atoms with Crippen LogP contribution in [0.3, 0.4) is 0 Å². The Hall–Kier alpha value is -1.37. The maximum absolute atomic E-state index is 12.5. The molecule has 1 aromatic heterocycles. The summed E-state index contributed by atoms with van der Waals surface area (Å²) in [5, 5.41) is 3.23. The zero-order valence-corrected chi connectivity index (χ0v) is 13.6. The second kappa shape index (κ2) is 5.44. The van der Waals surface area contributed by atoms with Crippen molar-refractivity contribution in [3.63, 3.8) is 0 Å². The van der Waals surface area contributed by atoms with Crippen LogP contribution in [0.1, 0.15) is 28.3 Å². The van der Waals surface area contributed by atoms with Crippen LogP contribution in [-0.2, 0) is 16.4 Å². The summed E-state index contributed by atoms with van der Waals surface area (Å²) in [4.78, 5) is 2.55. The van der Waals surface area contributed by atoms with Crippen LogP contribution in [0.25, 0.3) is 0 Å². The molecule has 0 aliphatic carbocycles. The fourth-order valence-electron chi connectivity index (χ4n) is 2.49. The molecule has 2 heterocycles. The molecule has 2 N–H and O–H groups in total. The number of fused-ring (bicyclic) bond motifs is 1. The summed E-state index contributed by atoms with van der Waals surface area (Å²) in [6.07, 6.45) is 0.873. The van der Waals surface area contributed by atoms with Gasteiger partial charge in [-0.15, -0.1) is 11.3 Å². The van der Waals surface area contributed by atoms with Gasteiger partial charge in [0.05, 0.1) is 10.9 Å². The Balaban J connectivity index is 1.83. The van der Waals surface area contributed by atoms with Crippen LogP contribution < -0.4 is 10.0 Å². The molecule has 0 fully saturated rings.